The molecule has 0 aliphatic carbocycles. The van der Waals surface area contributed by atoms with Gasteiger partial charge in [0.2, 0.25) is 0 Å². The molecule has 174 valence electrons. The van der Waals surface area contributed by atoms with E-state index in [-0.39, 0.29) is 11.3 Å². The van der Waals surface area contributed by atoms with Gasteiger partial charge < -0.3 is 4.98 Å². The number of hydrogen-bond acceptors (Lipinski definition) is 0. The fourth-order valence-corrected chi connectivity index (χ4v) is 6.40. The summed E-state index contributed by atoms with van der Waals surface area (Å²) < 4.78 is 0. The van der Waals surface area contributed by atoms with Crippen molar-refractivity contribution in [2.75, 3.05) is 0 Å². The fourth-order valence-electron chi connectivity index (χ4n) is 6.40. The van der Waals surface area contributed by atoms with Crippen molar-refractivity contribution >= 4 is 55.2 Å². The number of hydrogen-bond donors (Lipinski definition) is 1. The van der Waals surface area contributed by atoms with Crippen LogP contribution >= 0.6 is 0 Å². The maximum atomic E-state index is 3.55. The molecule has 0 bridgehead atoms. The van der Waals surface area contributed by atoms with Gasteiger partial charge in [-0.25, -0.2) is 0 Å². The van der Waals surface area contributed by atoms with E-state index in [1.54, 1.807) is 0 Å². The third kappa shape index (κ3) is 3.07. The molecule has 35 heavy (non-hydrogen) atoms. The van der Waals surface area contributed by atoms with Gasteiger partial charge in [-0.05, 0) is 78.7 Å². The van der Waals surface area contributed by atoms with E-state index in [1.807, 2.05) is 0 Å². The van der Waals surface area contributed by atoms with E-state index in [9.17, 15) is 0 Å². The Morgan fingerprint density at radius 2 is 1.31 bits per heavy atom. The average Bonchev–Trinajstić information content (AvgIpc) is 3.30. The van der Waals surface area contributed by atoms with Crippen LogP contribution in [0.1, 0.15) is 58.1 Å². The SMILES string of the molecule is C/C=c1/c(C(c2ccc3c4cccc5cccc(c6cccc2c63)c54)C(C)(C)CC)c[nH]/c1=C/C. The van der Waals surface area contributed by atoms with Gasteiger partial charge in [0.1, 0.15) is 0 Å². The highest BCUT2D eigenvalue weighted by atomic mass is 14.7. The Labute approximate surface area is 207 Å². The zero-order chi connectivity index (χ0) is 24.3. The second-order valence-corrected chi connectivity index (χ2v) is 10.6. The van der Waals surface area contributed by atoms with Gasteiger partial charge in [0.05, 0.1) is 0 Å². The van der Waals surface area contributed by atoms with Crippen molar-refractivity contribution in [3.63, 3.8) is 0 Å². The van der Waals surface area contributed by atoms with E-state index in [1.165, 1.54) is 64.8 Å². The lowest BCUT2D eigenvalue weighted by Gasteiger charge is -2.35. The van der Waals surface area contributed by atoms with Crippen molar-refractivity contribution in [3.8, 4) is 0 Å². The normalized spacial score (nSPS) is 14.8. The molecule has 0 aliphatic rings. The molecule has 0 aliphatic heterocycles. The summed E-state index contributed by atoms with van der Waals surface area (Å²) in [5, 5.41) is 13.4. The molecule has 6 rings (SSSR count). The van der Waals surface area contributed by atoms with Crippen molar-refractivity contribution in [2.24, 2.45) is 5.41 Å². The Morgan fingerprint density at radius 3 is 1.94 bits per heavy atom. The minimum absolute atomic E-state index is 0.0947. The predicted octanol–water partition coefficient (Wildman–Crippen LogP) is 8.23. The lowest BCUT2D eigenvalue weighted by Crippen LogP contribution is -2.31. The van der Waals surface area contributed by atoms with Crippen LogP contribution in [0, 0.1) is 5.41 Å². The summed E-state index contributed by atoms with van der Waals surface area (Å²) in [7, 11) is 0. The van der Waals surface area contributed by atoms with Crippen LogP contribution in [-0.4, -0.2) is 4.98 Å². The van der Waals surface area contributed by atoms with Crippen LogP contribution in [-0.2, 0) is 0 Å². The monoisotopic (exact) mass is 455 g/mol. The minimum Gasteiger partial charge on any atom is -0.361 e. The van der Waals surface area contributed by atoms with E-state index in [2.05, 4.69) is 125 Å². The fraction of sp³-hybridized carbons (Fsp3) is 0.235. The first-order valence-electron chi connectivity index (χ1n) is 12.9. The number of aromatic amines is 1. The maximum absolute atomic E-state index is 3.55. The van der Waals surface area contributed by atoms with E-state index in [0.717, 1.165) is 6.42 Å². The number of benzene rings is 5. The topological polar surface area (TPSA) is 15.8 Å². The standard InChI is InChI=1S/C34H33N/c1-6-22-29(20-35-30(22)7-2)33(34(4,5)8-3)28-19-18-27-24-15-10-13-21-12-9-14-23(31(21)24)25-16-11-17-26(28)32(25)27/h6-7,9-20,33,35H,8H2,1-5H3/b22-6-,30-7+. The van der Waals surface area contributed by atoms with Gasteiger partial charge in [-0.3, -0.25) is 0 Å². The first-order valence-corrected chi connectivity index (χ1v) is 12.9. The van der Waals surface area contributed by atoms with Gasteiger partial charge in [0.15, 0.2) is 0 Å². The molecule has 0 radical (unpaired) electrons. The van der Waals surface area contributed by atoms with E-state index in [0.29, 0.717) is 0 Å². The Kier molecular flexibility index (Phi) is 5.00. The zero-order valence-electron chi connectivity index (χ0n) is 21.4. The Bertz CT molecular complexity index is 1780. The highest BCUT2D eigenvalue weighted by Crippen LogP contribution is 2.47. The van der Waals surface area contributed by atoms with Gasteiger partial charge in [0.25, 0.3) is 0 Å². The number of H-pyrrole nitrogens is 1. The lowest BCUT2D eigenvalue weighted by molar-refractivity contribution is 0.306. The quantitative estimate of drug-likeness (QED) is 0.203. The second kappa shape index (κ2) is 7.99. The average molecular weight is 456 g/mol. The molecule has 0 fully saturated rings. The van der Waals surface area contributed by atoms with Gasteiger partial charge in [-0.1, -0.05) is 106 Å². The van der Waals surface area contributed by atoms with E-state index in [4.69, 9.17) is 0 Å². The number of rotatable bonds is 4. The van der Waals surface area contributed by atoms with Crippen molar-refractivity contribution < 1.29 is 0 Å². The van der Waals surface area contributed by atoms with Crippen LogP contribution in [0.4, 0.5) is 0 Å². The Hall–Kier alpha value is -3.58. The molecule has 1 aromatic heterocycles. The van der Waals surface area contributed by atoms with Gasteiger partial charge >= 0.3 is 0 Å². The molecule has 1 N–H and O–H groups in total. The molecule has 1 atom stereocenters. The largest absolute Gasteiger partial charge is 0.361 e. The number of nitrogens with one attached hydrogen (secondary N) is 1. The summed E-state index contributed by atoms with van der Waals surface area (Å²) in [4.78, 5) is 3.55. The molecule has 6 aromatic rings. The second-order valence-electron chi connectivity index (χ2n) is 10.6. The summed E-state index contributed by atoms with van der Waals surface area (Å²) in [6.45, 7) is 11.4. The smallest absolute Gasteiger partial charge is 0.0410 e. The zero-order valence-corrected chi connectivity index (χ0v) is 21.4. The van der Waals surface area contributed by atoms with Crippen LogP contribution in [0.15, 0.2) is 72.9 Å². The van der Waals surface area contributed by atoms with Crippen LogP contribution in [0.25, 0.3) is 55.2 Å². The van der Waals surface area contributed by atoms with Gasteiger partial charge in [0, 0.05) is 17.5 Å². The van der Waals surface area contributed by atoms with Gasteiger partial charge in [-0.2, -0.15) is 0 Å². The van der Waals surface area contributed by atoms with Crippen molar-refractivity contribution in [1.29, 1.82) is 0 Å². The molecule has 0 spiro atoms. The van der Waals surface area contributed by atoms with Crippen molar-refractivity contribution in [2.45, 2.75) is 47.0 Å². The molecule has 0 saturated carbocycles. The molecule has 0 saturated heterocycles. The first-order chi connectivity index (χ1) is 17.0. The molecule has 0 amide bonds. The summed E-state index contributed by atoms with van der Waals surface area (Å²) in [6, 6.07) is 25.2. The maximum Gasteiger partial charge on any atom is 0.0410 e. The first kappa shape index (κ1) is 21.9. The van der Waals surface area contributed by atoms with Crippen LogP contribution in [0.5, 0.6) is 0 Å². The third-order valence-electron chi connectivity index (χ3n) is 8.44. The number of aromatic nitrogens is 1. The Morgan fingerprint density at radius 1 is 0.714 bits per heavy atom. The molecular formula is C34H33N. The summed E-state index contributed by atoms with van der Waals surface area (Å²) in [5.41, 5.74) is 2.91. The third-order valence-corrected chi connectivity index (χ3v) is 8.44. The summed E-state index contributed by atoms with van der Waals surface area (Å²) >= 11 is 0. The minimum atomic E-state index is 0.0947. The van der Waals surface area contributed by atoms with Crippen LogP contribution in [0.3, 0.4) is 0 Å². The van der Waals surface area contributed by atoms with E-state index >= 15 is 0 Å². The molecule has 5 aromatic carbocycles. The van der Waals surface area contributed by atoms with Crippen LogP contribution in [0.2, 0.25) is 0 Å². The molecule has 1 unspecified atom stereocenters. The van der Waals surface area contributed by atoms with Gasteiger partial charge in [-0.15, -0.1) is 0 Å². The lowest BCUT2D eigenvalue weighted by atomic mass is 9.68. The summed E-state index contributed by atoms with van der Waals surface area (Å²) in [6.07, 6.45) is 7.80. The Balaban J connectivity index is 1.78. The molecular weight excluding hydrogens is 422 g/mol. The highest BCUT2D eigenvalue weighted by Gasteiger charge is 2.33. The van der Waals surface area contributed by atoms with Crippen LogP contribution < -0.4 is 10.6 Å². The van der Waals surface area contributed by atoms with Crippen molar-refractivity contribution in [3.05, 3.63) is 94.6 Å². The predicted molar refractivity (Wildman–Crippen MR) is 154 cm³/mol. The molecule has 1 nitrogen and oxygen atoms in total. The van der Waals surface area contributed by atoms with Crippen molar-refractivity contribution in [1.82, 2.24) is 4.98 Å². The van der Waals surface area contributed by atoms with E-state index < -0.39 is 0 Å². The summed E-state index contributed by atoms with van der Waals surface area (Å²) in [5.74, 6) is 0.279. The highest BCUT2D eigenvalue weighted by molar-refractivity contribution is 6.33. The number of fused-ring (bicyclic) bond motifs is 2. The molecule has 1 heteroatoms. The molecule has 1 heterocycles.